The molecule has 0 aliphatic rings. The fraction of sp³-hybridized carbons (Fsp3) is 0.600. The molecular formula is C15H26O3Si. The molecule has 0 saturated heterocycles. The highest BCUT2D eigenvalue weighted by atomic mass is 28.3. The normalized spacial score (nSPS) is 11.1. The Morgan fingerprint density at radius 3 is 2.26 bits per heavy atom. The molecule has 0 atom stereocenters. The lowest BCUT2D eigenvalue weighted by Crippen LogP contribution is -2.22. The van der Waals surface area contributed by atoms with Crippen LogP contribution in [0.15, 0.2) is 30.3 Å². The van der Waals surface area contributed by atoms with Gasteiger partial charge in [-0.25, -0.2) is 0 Å². The first-order valence-corrected chi connectivity index (χ1v) is 8.97. The summed E-state index contributed by atoms with van der Waals surface area (Å²) < 4.78 is 16.9. The van der Waals surface area contributed by atoms with E-state index in [1.165, 1.54) is 5.56 Å². The summed E-state index contributed by atoms with van der Waals surface area (Å²) in [5.74, 6) is 0. The number of hydrogen-bond acceptors (Lipinski definition) is 3. The van der Waals surface area contributed by atoms with Gasteiger partial charge in [0, 0.05) is 19.8 Å². The zero-order chi connectivity index (χ0) is 13.8. The summed E-state index contributed by atoms with van der Waals surface area (Å²) in [5, 5.41) is 0. The van der Waals surface area contributed by atoms with Crippen molar-refractivity contribution in [2.75, 3.05) is 19.8 Å². The predicted molar refractivity (Wildman–Crippen MR) is 80.5 cm³/mol. The zero-order valence-electron chi connectivity index (χ0n) is 12.1. The molecule has 0 fully saturated rings. The van der Waals surface area contributed by atoms with Crippen molar-refractivity contribution in [3.8, 4) is 0 Å². The third-order valence-corrected chi connectivity index (χ3v) is 5.09. The summed E-state index contributed by atoms with van der Waals surface area (Å²) in [7, 11) is -1.40. The van der Waals surface area contributed by atoms with Crippen LogP contribution < -0.4 is 0 Å². The number of hydrogen-bond donors (Lipinski definition) is 0. The molecule has 4 heteroatoms. The first-order chi connectivity index (χ1) is 9.36. The largest absolute Gasteiger partial charge is 0.397 e. The van der Waals surface area contributed by atoms with Crippen LogP contribution in [0, 0.1) is 0 Å². The molecule has 1 rings (SSSR count). The monoisotopic (exact) mass is 282 g/mol. The Hall–Kier alpha value is -0.683. The fourth-order valence-electron chi connectivity index (χ4n) is 1.87. The topological polar surface area (TPSA) is 27.7 Å². The van der Waals surface area contributed by atoms with E-state index in [0.717, 1.165) is 38.7 Å². The smallest absolute Gasteiger partial charge is 0.321 e. The molecule has 0 radical (unpaired) electrons. The number of benzene rings is 1. The average Bonchev–Trinajstić information content (AvgIpc) is 2.44. The Labute approximate surface area is 118 Å². The fourth-order valence-corrected chi connectivity index (χ4v) is 3.66. The second-order valence-corrected chi connectivity index (χ2v) is 6.48. The maximum Gasteiger partial charge on any atom is 0.321 e. The molecule has 0 aliphatic heterocycles. The lowest BCUT2D eigenvalue weighted by molar-refractivity contribution is 0.117. The van der Waals surface area contributed by atoms with E-state index in [4.69, 9.17) is 13.6 Å². The molecule has 0 heterocycles. The number of ether oxygens (including phenoxy) is 1. The van der Waals surface area contributed by atoms with Crippen LogP contribution in [0.1, 0.15) is 32.3 Å². The van der Waals surface area contributed by atoms with Crippen molar-refractivity contribution in [1.82, 2.24) is 0 Å². The molecule has 1 aromatic carbocycles. The molecule has 0 unspecified atom stereocenters. The van der Waals surface area contributed by atoms with Gasteiger partial charge in [0.1, 0.15) is 0 Å². The van der Waals surface area contributed by atoms with Gasteiger partial charge in [-0.3, -0.25) is 0 Å². The highest BCUT2D eigenvalue weighted by molar-refractivity contribution is 6.44. The minimum atomic E-state index is -1.40. The Bertz CT molecular complexity index is 300. The van der Waals surface area contributed by atoms with Crippen LogP contribution in [0.4, 0.5) is 0 Å². The lowest BCUT2D eigenvalue weighted by atomic mass is 10.2. The van der Waals surface area contributed by atoms with Crippen LogP contribution in [0.25, 0.3) is 0 Å². The van der Waals surface area contributed by atoms with Crippen LogP contribution in [-0.2, 0) is 20.2 Å². The van der Waals surface area contributed by atoms with Crippen LogP contribution >= 0.6 is 0 Å². The Morgan fingerprint density at radius 1 is 0.947 bits per heavy atom. The van der Waals surface area contributed by atoms with E-state index in [-0.39, 0.29) is 0 Å². The van der Waals surface area contributed by atoms with Gasteiger partial charge < -0.3 is 13.6 Å². The van der Waals surface area contributed by atoms with Gasteiger partial charge in [-0.2, -0.15) is 0 Å². The standard InChI is InChI=1S/C15H26O3Si/c1-3-17-19(18-4-2)13-9-8-12-16-14-15-10-6-5-7-11-15/h5-7,10-11,19H,3-4,8-9,12-14H2,1-2H3. The highest BCUT2D eigenvalue weighted by Gasteiger charge is 2.10. The van der Waals surface area contributed by atoms with E-state index in [1.54, 1.807) is 0 Å². The molecule has 0 amide bonds. The summed E-state index contributed by atoms with van der Waals surface area (Å²) in [5.41, 5.74) is 1.23. The van der Waals surface area contributed by atoms with Crippen LogP contribution in [0.5, 0.6) is 0 Å². The van der Waals surface area contributed by atoms with Crippen LogP contribution in [-0.4, -0.2) is 29.1 Å². The van der Waals surface area contributed by atoms with E-state index in [2.05, 4.69) is 12.1 Å². The summed E-state index contributed by atoms with van der Waals surface area (Å²) in [4.78, 5) is 0. The van der Waals surface area contributed by atoms with E-state index in [0.29, 0.717) is 6.61 Å². The van der Waals surface area contributed by atoms with Gasteiger partial charge in [0.25, 0.3) is 0 Å². The molecule has 0 aromatic heterocycles. The highest BCUT2D eigenvalue weighted by Crippen LogP contribution is 2.06. The first kappa shape index (κ1) is 16.4. The van der Waals surface area contributed by atoms with Gasteiger partial charge in [0.15, 0.2) is 0 Å². The molecule has 108 valence electrons. The van der Waals surface area contributed by atoms with Crippen LogP contribution in [0.3, 0.4) is 0 Å². The van der Waals surface area contributed by atoms with Crippen molar-refractivity contribution < 1.29 is 13.6 Å². The zero-order valence-corrected chi connectivity index (χ0v) is 13.3. The van der Waals surface area contributed by atoms with Crippen molar-refractivity contribution >= 4 is 9.28 Å². The van der Waals surface area contributed by atoms with Gasteiger partial charge in [-0.05, 0) is 38.3 Å². The second-order valence-electron chi connectivity index (χ2n) is 4.37. The van der Waals surface area contributed by atoms with Crippen LogP contribution in [0.2, 0.25) is 6.04 Å². The summed E-state index contributed by atoms with van der Waals surface area (Å²) >= 11 is 0. The van der Waals surface area contributed by atoms with Crippen molar-refractivity contribution in [2.24, 2.45) is 0 Å². The van der Waals surface area contributed by atoms with E-state index in [1.807, 2.05) is 32.0 Å². The molecule has 0 bridgehead atoms. The van der Waals surface area contributed by atoms with Crippen molar-refractivity contribution in [3.63, 3.8) is 0 Å². The van der Waals surface area contributed by atoms with Crippen molar-refractivity contribution in [1.29, 1.82) is 0 Å². The Morgan fingerprint density at radius 2 is 1.63 bits per heavy atom. The molecule has 0 saturated carbocycles. The maximum absolute atomic E-state index is 5.66. The molecular weight excluding hydrogens is 256 g/mol. The SMILES string of the molecule is CCO[SiH](CCCCOCc1ccccc1)OCC. The molecule has 3 nitrogen and oxygen atoms in total. The summed E-state index contributed by atoms with van der Waals surface area (Å²) in [6, 6.07) is 11.4. The quantitative estimate of drug-likeness (QED) is 0.460. The van der Waals surface area contributed by atoms with E-state index >= 15 is 0 Å². The molecule has 0 aliphatic carbocycles. The van der Waals surface area contributed by atoms with Gasteiger partial charge in [-0.1, -0.05) is 30.3 Å². The van der Waals surface area contributed by atoms with Gasteiger partial charge in [-0.15, -0.1) is 0 Å². The molecule has 1 aromatic rings. The Balaban J connectivity index is 2.01. The minimum Gasteiger partial charge on any atom is -0.397 e. The summed E-state index contributed by atoms with van der Waals surface area (Å²) in [6.45, 7) is 7.11. The van der Waals surface area contributed by atoms with Gasteiger partial charge >= 0.3 is 9.28 Å². The van der Waals surface area contributed by atoms with Crippen molar-refractivity contribution in [2.45, 2.75) is 39.3 Å². The van der Waals surface area contributed by atoms with E-state index in [9.17, 15) is 0 Å². The summed E-state index contributed by atoms with van der Waals surface area (Å²) in [6.07, 6.45) is 2.21. The molecule has 19 heavy (non-hydrogen) atoms. The Kier molecular flexibility index (Phi) is 9.62. The predicted octanol–water partition coefficient (Wildman–Crippen LogP) is 3.28. The number of rotatable bonds is 11. The third kappa shape index (κ3) is 8.16. The second kappa shape index (κ2) is 11.2. The third-order valence-electron chi connectivity index (χ3n) is 2.80. The minimum absolute atomic E-state index is 0.707. The van der Waals surface area contributed by atoms with Gasteiger partial charge in [0.2, 0.25) is 0 Å². The maximum atomic E-state index is 5.66. The van der Waals surface area contributed by atoms with Crippen molar-refractivity contribution in [3.05, 3.63) is 35.9 Å². The average molecular weight is 282 g/mol. The van der Waals surface area contributed by atoms with Gasteiger partial charge in [0.05, 0.1) is 6.61 Å². The molecule has 0 N–H and O–H groups in total. The molecule has 0 spiro atoms. The lowest BCUT2D eigenvalue weighted by Gasteiger charge is -2.14. The number of unbranched alkanes of at least 4 members (excludes halogenated alkanes) is 1. The first-order valence-electron chi connectivity index (χ1n) is 7.21. The van der Waals surface area contributed by atoms with E-state index < -0.39 is 9.28 Å².